The Labute approximate surface area is 141 Å². The normalized spacial score (nSPS) is 10.7. The fourth-order valence-corrected chi connectivity index (χ4v) is 2.62. The Morgan fingerprint density at radius 1 is 1.22 bits per heavy atom. The average Bonchev–Trinajstić information content (AvgIpc) is 2.92. The SMILES string of the molecule is Cn1cnnc1SCc1nc(N)nc(Nc2ccc(Cl)cc2)n1. The minimum Gasteiger partial charge on any atom is -0.368 e. The number of nitrogen functional groups attached to an aromatic ring is 1. The Kier molecular flexibility index (Phi) is 4.58. The zero-order valence-electron chi connectivity index (χ0n) is 12.1. The predicted molar refractivity (Wildman–Crippen MR) is 89.5 cm³/mol. The lowest BCUT2D eigenvalue weighted by Crippen LogP contribution is -2.06. The first-order chi connectivity index (χ1) is 11.1. The van der Waals surface area contributed by atoms with Gasteiger partial charge in [-0.2, -0.15) is 15.0 Å². The highest BCUT2D eigenvalue weighted by molar-refractivity contribution is 7.98. The molecule has 2 aromatic heterocycles. The second-order valence-corrected chi connectivity index (χ2v) is 5.96. The van der Waals surface area contributed by atoms with E-state index in [-0.39, 0.29) is 5.95 Å². The number of nitrogens with zero attached hydrogens (tertiary/aromatic N) is 6. The van der Waals surface area contributed by atoms with E-state index in [4.69, 9.17) is 17.3 Å². The van der Waals surface area contributed by atoms with Crippen LogP contribution in [0.15, 0.2) is 35.7 Å². The first kappa shape index (κ1) is 15.5. The molecule has 23 heavy (non-hydrogen) atoms. The van der Waals surface area contributed by atoms with Gasteiger partial charge in [-0.3, -0.25) is 0 Å². The van der Waals surface area contributed by atoms with Crippen molar-refractivity contribution < 1.29 is 0 Å². The van der Waals surface area contributed by atoms with Crippen LogP contribution in [0, 0.1) is 0 Å². The Hall–Kier alpha value is -2.39. The number of nitrogens with two attached hydrogens (primary N) is 1. The van der Waals surface area contributed by atoms with E-state index in [1.165, 1.54) is 11.8 Å². The van der Waals surface area contributed by atoms with Crippen LogP contribution < -0.4 is 11.1 Å². The lowest BCUT2D eigenvalue weighted by Gasteiger charge is -2.07. The molecule has 10 heteroatoms. The largest absolute Gasteiger partial charge is 0.368 e. The number of rotatable bonds is 5. The highest BCUT2D eigenvalue weighted by Crippen LogP contribution is 2.20. The lowest BCUT2D eigenvalue weighted by atomic mass is 10.3. The van der Waals surface area contributed by atoms with E-state index in [0.717, 1.165) is 10.8 Å². The van der Waals surface area contributed by atoms with Gasteiger partial charge >= 0.3 is 0 Å². The van der Waals surface area contributed by atoms with Crippen LogP contribution in [-0.4, -0.2) is 29.7 Å². The summed E-state index contributed by atoms with van der Waals surface area (Å²) in [5.41, 5.74) is 6.56. The maximum atomic E-state index is 5.86. The van der Waals surface area contributed by atoms with Crippen LogP contribution in [0.1, 0.15) is 5.82 Å². The molecule has 0 aliphatic heterocycles. The van der Waals surface area contributed by atoms with Crippen molar-refractivity contribution in [2.24, 2.45) is 7.05 Å². The molecule has 0 atom stereocenters. The first-order valence-corrected chi connectivity index (χ1v) is 7.96. The Balaban J connectivity index is 1.73. The third-order valence-corrected chi connectivity index (χ3v) is 4.08. The van der Waals surface area contributed by atoms with Crippen LogP contribution in [0.5, 0.6) is 0 Å². The molecule has 0 saturated heterocycles. The quantitative estimate of drug-likeness (QED) is 0.676. The summed E-state index contributed by atoms with van der Waals surface area (Å²) in [6.45, 7) is 0. The molecule has 3 rings (SSSR count). The molecular weight excluding hydrogens is 336 g/mol. The molecular formula is C13H13ClN8S. The van der Waals surface area contributed by atoms with E-state index in [0.29, 0.717) is 22.5 Å². The third kappa shape index (κ3) is 4.08. The Morgan fingerprint density at radius 3 is 2.70 bits per heavy atom. The van der Waals surface area contributed by atoms with Gasteiger partial charge in [0, 0.05) is 17.8 Å². The molecule has 1 aromatic carbocycles. The number of anilines is 3. The summed E-state index contributed by atoms with van der Waals surface area (Å²) in [5, 5.41) is 12.3. The molecule has 0 radical (unpaired) electrons. The van der Waals surface area contributed by atoms with Gasteiger partial charge < -0.3 is 15.6 Å². The molecule has 0 amide bonds. The van der Waals surface area contributed by atoms with Gasteiger partial charge in [-0.15, -0.1) is 10.2 Å². The zero-order chi connectivity index (χ0) is 16.2. The Bertz CT molecular complexity index is 804. The third-order valence-electron chi connectivity index (χ3n) is 2.80. The molecule has 0 aliphatic rings. The fraction of sp³-hybridized carbons (Fsp3) is 0.154. The number of hydrogen-bond acceptors (Lipinski definition) is 8. The highest BCUT2D eigenvalue weighted by Gasteiger charge is 2.08. The van der Waals surface area contributed by atoms with Gasteiger partial charge in [-0.1, -0.05) is 23.4 Å². The molecule has 3 aromatic rings. The summed E-state index contributed by atoms with van der Waals surface area (Å²) in [4.78, 5) is 12.6. The molecule has 2 heterocycles. The lowest BCUT2D eigenvalue weighted by molar-refractivity contribution is 0.787. The predicted octanol–water partition coefficient (Wildman–Crippen LogP) is 2.27. The van der Waals surface area contributed by atoms with E-state index in [9.17, 15) is 0 Å². The maximum absolute atomic E-state index is 5.86. The fourth-order valence-electron chi connectivity index (χ4n) is 1.75. The van der Waals surface area contributed by atoms with E-state index < -0.39 is 0 Å². The standard InChI is InChI=1S/C13H13ClN8S/c1-22-7-16-21-13(22)23-6-10-18-11(15)20-12(19-10)17-9-4-2-8(14)3-5-9/h2-5,7H,6H2,1H3,(H3,15,17,18,19,20). The molecule has 118 valence electrons. The summed E-state index contributed by atoms with van der Waals surface area (Å²) >= 11 is 7.33. The smallest absolute Gasteiger partial charge is 0.232 e. The van der Waals surface area contributed by atoms with Crippen LogP contribution >= 0.6 is 23.4 Å². The van der Waals surface area contributed by atoms with Crippen LogP contribution in [0.3, 0.4) is 0 Å². The van der Waals surface area contributed by atoms with Crippen molar-refractivity contribution in [3.63, 3.8) is 0 Å². The minimum atomic E-state index is 0.157. The summed E-state index contributed by atoms with van der Waals surface area (Å²) in [5.74, 6) is 1.61. The van der Waals surface area contributed by atoms with E-state index in [2.05, 4.69) is 30.5 Å². The second kappa shape index (κ2) is 6.80. The van der Waals surface area contributed by atoms with Crippen molar-refractivity contribution in [3.05, 3.63) is 41.4 Å². The molecule has 0 bridgehead atoms. The van der Waals surface area contributed by atoms with E-state index >= 15 is 0 Å². The van der Waals surface area contributed by atoms with Gasteiger partial charge in [0.2, 0.25) is 11.9 Å². The van der Waals surface area contributed by atoms with Crippen LogP contribution in [0.2, 0.25) is 5.02 Å². The van der Waals surface area contributed by atoms with Gasteiger partial charge in [0.05, 0.1) is 5.75 Å². The van der Waals surface area contributed by atoms with Crippen LogP contribution in [0.4, 0.5) is 17.6 Å². The topological polar surface area (TPSA) is 107 Å². The van der Waals surface area contributed by atoms with Gasteiger partial charge in [0.15, 0.2) is 5.16 Å². The van der Waals surface area contributed by atoms with E-state index in [1.54, 1.807) is 18.5 Å². The van der Waals surface area contributed by atoms with Crippen molar-refractivity contribution >= 4 is 40.9 Å². The van der Waals surface area contributed by atoms with Crippen LogP contribution in [-0.2, 0) is 12.8 Å². The van der Waals surface area contributed by atoms with Gasteiger partial charge in [-0.05, 0) is 24.3 Å². The van der Waals surface area contributed by atoms with Crippen molar-refractivity contribution in [2.75, 3.05) is 11.1 Å². The summed E-state index contributed by atoms with van der Waals surface area (Å²) in [7, 11) is 1.87. The van der Waals surface area contributed by atoms with Crippen molar-refractivity contribution in [1.82, 2.24) is 29.7 Å². The molecule has 0 fully saturated rings. The molecule has 0 aliphatic carbocycles. The average molecular weight is 349 g/mol. The number of aryl methyl sites for hydroxylation is 1. The number of thioether (sulfide) groups is 1. The summed E-state index contributed by atoms with van der Waals surface area (Å²) < 4.78 is 1.82. The number of hydrogen-bond donors (Lipinski definition) is 2. The molecule has 0 saturated carbocycles. The maximum Gasteiger partial charge on any atom is 0.232 e. The summed E-state index contributed by atoms with van der Waals surface area (Å²) in [6, 6.07) is 7.21. The second-order valence-electron chi connectivity index (χ2n) is 4.58. The number of halogens is 1. The first-order valence-electron chi connectivity index (χ1n) is 6.60. The number of aromatic nitrogens is 6. The van der Waals surface area contributed by atoms with Crippen molar-refractivity contribution in [3.8, 4) is 0 Å². The van der Waals surface area contributed by atoms with E-state index in [1.807, 2.05) is 23.7 Å². The van der Waals surface area contributed by atoms with Gasteiger partial charge in [0.25, 0.3) is 0 Å². The van der Waals surface area contributed by atoms with Crippen molar-refractivity contribution in [2.45, 2.75) is 10.9 Å². The molecule has 0 unspecified atom stereocenters. The zero-order valence-corrected chi connectivity index (χ0v) is 13.7. The highest BCUT2D eigenvalue weighted by atomic mass is 35.5. The summed E-state index contributed by atoms with van der Waals surface area (Å²) in [6.07, 6.45) is 1.64. The molecule has 0 spiro atoms. The van der Waals surface area contributed by atoms with Gasteiger partial charge in [-0.25, -0.2) is 0 Å². The molecule has 8 nitrogen and oxygen atoms in total. The van der Waals surface area contributed by atoms with Gasteiger partial charge in [0.1, 0.15) is 12.2 Å². The monoisotopic (exact) mass is 348 g/mol. The van der Waals surface area contributed by atoms with Crippen LogP contribution in [0.25, 0.3) is 0 Å². The number of nitrogens with one attached hydrogen (secondary N) is 1. The Morgan fingerprint density at radius 2 is 2.00 bits per heavy atom. The molecule has 3 N–H and O–H groups in total. The minimum absolute atomic E-state index is 0.157. The van der Waals surface area contributed by atoms with Crippen molar-refractivity contribution in [1.29, 1.82) is 0 Å². The number of benzene rings is 1.